The van der Waals surface area contributed by atoms with Gasteiger partial charge in [-0.3, -0.25) is 15.0 Å². The van der Waals surface area contributed by atoms with Crippen LogP contribution in [-0.4, -0.2) is 36.0 Å². The van der Waals surface area contributed by atoms with Crippen LogP contribution in [0.3, 0.4) is 0 Å². The Morgan fingerprint density at radius 3 is 2.54 bits per heavy atom. The molecule has 2 N–H and O–H groups in total. The van der Waals surface area contributed by atoms with E-state index in [0.29, 0.717) is 6.54 Å². The minimum atomic E-state index is -0.376. The molecule has 0 aliphatic heterocycles. The number of benzene rings is 1. The van der Waals surface area contributed by atoms with Crippen molar-refractivity contribution in [3.8, 4) is 0 Å². The maximum atomic E-state index is 12.3. The van der Waals surface area contributed by atoms with E-state index in [0.717, 1.165) is 25.7 Å². The van der Waals surface area contributed by atoms with Gasteiger partial charge in [0, 0.05) is 12.6 Å². The van der Waals surface area contributed by atoms with Gasteiger partial charge >= 0.3 is 6.03 Å². The van der Waals surface area contributed by atoms with E-state index < -0.39 is 0 Å². The van der Waals surface area contributed by atoms with Crippen LogP contribution >= 0.6 is 0 Å². The molecule has 5 nitrogen and oxygen atoms in total. The molecular formula is C19H29N3O2. The summed E-state index contributed by atoms with van der Waals surface area (Å²) in [6.07, 6.45) is 4.30. The highest BCUT2D eigenvalue weighted by Gasteiger charge is 2.23. The summed E-state index contributed by atoms with van der Waals surface area (Å²) in [7, 11) is 1.90. The third-order valence-electron chi connectivity index (χ3n) is 4.89. The predicted molar refractivity (Wildman–Crippen MR) is 95.8 cm³/mol. The van der Waals surface area contributed by atoms with E-state index in [1.54, 1.807) is 0 Å². The summed E-state index contributed by atoms with van der Waals surface area (Å²) in [5.74, 6) is -0.266. The van der Waals surface area contributed by atoms with Crippen molar-refractivity contribution in [2.75, 3.05) is 7.05 Å². The molecular weight excluding hydrogens is 302 g/mol. The smallest absolute Gasteiger partial charge is 0.321 e. The predicted octanol–water partition coefficient (Wildman–Crippen LogP) is 2.89. The molecule has 3 amide bonds. The second-order valence-corrected chi connectivity index (χ2v) is 6.97. The molecule has 1 saturated carbocycles. The zero-order valence-corrected chi connectivity index (χ0v) is 15.2. The Labute approximate surface area is 144 Å². The molecule has 24 heavy (non-hydrogen) atoms. The maximum absolute atomic E-state index is 12.3. The van der Waals surface area contributed by atoms with Gasteiger partial charge < -0.3 is 5.32 Å². The molecule has 1 aliphatic carbocycles. The third kappa shape index (κ3) is 5.06. The van der Waals surface area contributed by atoms with Crippen molar-refractivity contribution < 1.29 is 9.59 Å². The molecule has 1 aromatic carbocycles. The van der Waals surface area contributed by atoms with E-state index >= 15 is 0 Å². The summed E-state index contributed by atoms with van der Waals surface area (Å²) in [6, 6.07) is 5.78. The van der Waals surface area contributed by atoms with Crippen LogP contribution in [0.5, 0.6) is 0 Å². The number of rotatable bonds is 5. The summed E-state index contributed by atoms with van der Waals surface area (Å²) in [6.45, 7) is 6.64. The number of hydrogen-bond acceptors (Lipinski definition) is 3. The van der Waals surface area contributed by atoms with E-state index in [-0.39, 0.29) is 24.0 Å². The van der Waals surface area contributed by atoms with Crippen molar-refractivity contribution in [3.63, 3.8) is 0 Å². The topological polar surface area (TPSA) is 61.4 Å². The van der Waals surface area contributed by atoms with Crippen LogP contribution in [0.4, 0.5) is 4.79 Å². The lowest BCUT2D eigenvalue weighted by Gasteiger charge is -2.24. The molecule has 0 saturated heterocycles. The Kier molecular flexibility index (Phi) is 6.37. The van der Waals surface area contributed by atoms with Gasteiger partial charge in [-0.15, -0.1) is 0 Å². The molecule has 0 radical (unpaired) electrons. The van der Waals surface area contributed by atoms with E-state index in [2.05, 4.69) is 42.7 Å². The average Bonchev–Trinajstić information content (AvgIpc) is 3.01. The minimum absolute atomic E-state index is 0.209. The standard InChI is InChI=1S/C19H29N3O2/c1-13-9-10-16(14(2)11-13)12-22(4)15(3)18(23)21-19(24)20-17-7-5-6-8-17/h9-11,15,17H,5-8,12H2,1-4H3,(H2,20,21,23,24). The number of amides is 3. The van der Waals surface area contributed by atoms with Crippen molar-refractivity contribution in [1.29, 1.82) is 0 Å². The fraction of sp³-hybridized carbons (Fsp3) is 0.579. The van der Waals surface area contributed by atoms with Crippen LogP contribution < -0.4 is 10.6 Å². The van der Waals surface area contributed by atoms with Crippen LogP contribution in [0, 0.1) is 13.8 Å². The van der Waals surface area contributed by atoms with Crippen LogP contribution in [-0.2, 0) is 11.3 Å². The van der Waals surface area contributed by atoms with Crippen molar-refractivity contribution in [2.24, 2.45) is 0 Å². The minimum Gasteiger partial charge on any atom is -0.335 e. The van der Waals surface area contributed by atoms with E-state index in [1.165, 1.54) is 16.7 Å². The number of carbonyl (C=O) groups excluding carboxylic acids is 2. The van der Waals surface area contributed by atoms with Crippen molar-refractivity contribution >= 4 is 11.9 Å². The molecule has 1 aliphatic rings. The summed E-state index contributed by atoms with van der Waals surface area (Å²) < 4.78 is 0. The number of nitrogens with zero attached hydrogens (tertiary/aromatic N) is 1. The van der Waals surface area contributed by atoms with E-state index in [1.807, 2.05) is 18.9 Å². The second kappa shape index (κ2) is 8.29. The Bertz CT molecular complexity index is 594. The highest BCUT2D eigenvalue weighted by atomic mass is 16.2. The quantitative estimate of drug-likeness (QED) is 0.872. The third-order valence-corrected chi connectivity index (χ3v) is 4.89. The van der Waals surface area contributed by atoms with Crippen LogP contribution in [0.25, 0.3) is 0 Å². The lowest BCUT2D eigenvalue weighted by Crippen LogP contribution is -2.50. The lowest BCUT2D eigenvalue weighted by atomic mass is 10.0. The zero-order chi connectivity index (χ0) is 17.7. The number of carbonyl (C=O) groups is 2. The van der Waals surface area contributed by atoms with Gasteiger partial charge in [0.05, 0.1) is 6.04 Å². The number of imide groups is 1. The zero-order valence-electron chi connectivity index (χ0n) is 15.2. The molecule has 5 heteroatoms. The van der Waals surface area contributed by atoms with E-state index in [9.17, 15) is 9.59 Å². The number of hydrogen-bond donors (Lipinski definition) is 2. The van der Waals surface area contributed by atoms with Gasteiger partial charge in [-0.1, -0.05) is 36.6 Å². The molecule has 0 heterocycles. The van der Waals surface area contributed by atoms with Crippen molar-refractivity contribution in [3.05, 3.63) is 34.9 Å². The Morgan fingerprint density at radius 2 is 1.92 bits per heavy atom. The van der Waals surface area contributed by atoms with Crippen LogP contribution in [0.1, 0.15) is 49.3 Å². The van der Waals surface area contributed by atoms with Crippen molar-refractivity contribution in [2.45, 2.75) is 65.1 Å². The van der Waals surface area contributed by atoms with Crippen LogP contribution in [0.15, 0.2) is 18.2 Å². The lowest BCUT2D eigenvalue weighted by molar-refractivity contribution is -0.124. The first-order valence-corrected chi connectivity index (χ1v) is 8.74. The largest absolute Gasteiger partial charge is 0.335 e. The molecule has 0 bridgehead atoms. The van der Waals surface area contributed by atoms with Gasteiger partial charge in [0.2, 0.25) is 5.91 Å². The first kappa shape index (κ1) is 18.5. The Morgan fingerprint density at radius 1 is 1.25 bits per heavy atom. The highest BCUT2D eigenvalue weighted by molar-refractivity contribution is 5.96. The SMILES string of the molecule is Cc1ccc(CN(C)C(C)C(=O)NC(=O)NC2CCCC2)c(C)c1. The number of aryl methyl sites for hydroxylation is 2. The molecule has 1 aromatic rings. The Hall–Kier alpha value is -1.88. The maximum Gasteiger partial charge on any atom is 0.321 e. The van der Waals surface area contributed by atoms with Gasteiger partial charge in [0.15, 0.2) is 0 Å². The van der Waals surface area contributed by atoms with Crippen molar-refractivity contribution in [1.82, 2.24) is 15.5 Å². The average molecular weight is 331 g/mol. The normalized spacial score (nSPS) is 16.2. The number of nitrogens with one attached hydrogen (secondary N) is 2. The van der Waals surface area contributed by atoms with Gasteiger partial charge in [-0.25, -0.2) is 4.79 Å². The summed E-state index contributed by atoms with van der Waals surface area (Å²) in [4.78, 5) is 26.2. The van der Waals surface area contributed by atoms with Gasteiger partial charge in [0.1, 0.15) is 0 Å². The van der Waals surface area contributed by atoms with E-state index in [4.69, 9.17) is 0 Å². The molecule has 1 unspecified atom stereocenters. The Balaban J connectivity index is 1.85. The molecule has 0 spiro atoms. The monoisotopic (exact) mass is 331 g/mol. The highest BCUT2D eigenvalue weighted by Crippen LogP contribution is 2.17. The van der Waals surface area contributed by atoms with Gasteiger partial charge in [-0.05, 0) is 51.8 Å². The van der Waals surface area contributed by atoms with Gasteiger partial charge in [-0.2, -0.15) is 0 Å². The summed E-state index contributed by atoms with van der Waals surface area (Å²) in [5.41, 5.74) is 3.64. The van der Waals surface area contributed by atoms with Crippen LogP contribution in [0.2, 0.25) is 0 Å². The molecule has 0 aromatic heterocycles. The molecule has 1 atom stereocenters. The van der Waals surface area contributed by atoms with Gasteiger partial charge in [0.25, 0.3) is 0 Å². The molecule has 2 rings (SSSR count). The second-order valence-electron chi connectivity index (χ2n) is 6.97. The first-order chi connectivity index (χ1) is 11.4. The summed E-state index contributed by atoms with van der Waals surface area (Å²) >= 11 is 0. The fourth-order valence-corrected chi connectivity index (χ4v) is 3.14. The fourth-order valence-electron chi connectivity index (χ4n) is 3.14. The number of urea groups is 1. The molecule has 132 valence electrons. The first-order valence-electron chi connectivity index (χ1n) is 8.74. The summed E-state index contributed by atoms with van der Waals surface area (Å²) in [5, 5.41) is 5.35. The number of likely N-dealkylation sites (N-methyl/N-ethyl adjacent to an activating group) is 1. The molecule has 1 fully saturated rings.